The predicted molar refractivity (Wildman–Crippen MR) is 215 cm³/mol. The lowest BCUT2D eigenvalue weighted by molar-refractivity contribution is 0.668. The lowest BCUT2D eigenvalue weighted by Crippen LogP contribution is -1.98. The molecule has 0 saturated carbocycles. The molecule has 12 rings (SSSR count). The van der Waals surface area contributed by atoms with Crippen molar-refractivity contribution in [2.24, 2.45) is 0 Å². The van der Waals surface area contributed by atoms with Gasteiger partial charge in [-0.15, -0.1) is 0 Å². The summed E-state index contributed by atoms with van der Waals surface area (Å²) in [6.45, 7) is 0. The molecule has 0 saturated heterocycles. The summed E-state index contributed by atoms with van der Waals surface area (Å²) in [6, 6.07) is 60.5. The van der Waals surface area contributed by atoms with E-state index in [0.717, 1.165) is 71.9 Å². The van der Waals surface area contributed by atoms with Crippen LogP contribution in [0.2, 0.25) is 0 Å². The van der Waals surface area contributed by atoms with Gasteiger partial charge in [-0.1, -0.05) is 109 Å². The van der Waals surface area contributed by atoms with Crippen LogP contribution in [0.1, 0.15) is 0 Å². The number of benzene rings is 8. The van der Waals surface area contributed by atoms with E-state index in [1.807, 2.05) is 12.1 Å². The van der Waals surface area contributed by atoms with Crippen LogP contribution in [-0.2, 0) is 0 Å². The van der Waals surface area contributed by atoms with Crippen molar-refractivity contribution >= 4 is 87.5 Å². The average Bonchev–Trinajstić information content (AvgIpc) is 3.95. The normalized spacial score (nSPS) is 12.2. The second kappa shape index (κ2) is 10.3. The van der Waals surface area contributed by atoms with Gasteiger partial charge in [-0.3, -0.25) is 0 Å². The van der Waals surface area contributed by atoms with E-state index in [1.165, 1.54) is 38.1 Å². The fraction of sp³-hybridized carbons (Fsp3) is 0. The Hall–Kier alpha value is -7.04. The fourth-order valence-electron chi connectivity index (χ4n) is 8.79. The van der Waals surface area contributed by atoms with Crippen molar-refractivity contribution in [3.63, 3.8) is 0 Å². The predicted octanol–water partition coefficient (Wildman–Crippen LogP) is 13.3. The molecule has 12 aromatic rings. The molecule has 8 aromatic carbocycles. The largest absolute Gasteiger partial charge is 0.456 e. The zero-order chi connectivity index (χ0) is 33.9. The third-order valence-corrected chi connectivity index (χ3v) is 10.9. The van der Waals surface area contributed by atoms with Crippen molar-refractivity contribution in [3.05, 3.63) is 170 Å². The van der Waals surface area contributed by atoms with Gasteiger partial charge in [0.25, 0.3) is 0 Å². The molecule has 0 aliphatic heterocycles. The fourth-order valence-corrected chi connectivity index (χ4v) is 8.79. The second-order valence-electron chi connectivity index (χ2n) is 13.6. The summed E-state index contributed by atoms with van der Waals surface area (Å²) in [5.41, 5.74) is 12.7. The van der Waals surface area contributed by atoms with Gasteiger partial charge >= 0.3 is 0 Å². The van der Waals surface area contributed by atoms with Crippen LogP contribution in [0.5, 0.6) is 0 Å². The van der Waals surface area contributed by atoms with Crippen LogP contribution in [0.15, 0.2) is 179 Å². The maximum absolute atomic E-state index is 6.75. The summed E-state index contributed by atoms with van der Waals surface area (Å²) in [6.07, 6.45) is 0. The SMILES string of the molecule is c1ccc(-n2c3ccccc3c3ccc4c5ccccc5n(-c5ccc6c(c5)oc5cccc(-c7cccc8oc9ccccc9c78)c56)c4c32)cc1. The van der Waals surface area contributed by atoms with Crippen LogP contribution in [0.25, 0.3) is 110 Å². The van der Waals surface area contributed by atoms with E-state index in [1.54, 1.807) is 0 Å². The highest BCUT2D eigenvalue weighted by molar-refractivity contribution is 6.24. The summed E-state index contributed by atoms with van der Waals surface area (Å²) in [5.74, 6) is 0. The van der Waals surface area contributed by atoms with Gasteiger partial charge in [0.15, 0.2) is 0 Å². The summed E-state index contributed by atoms with van der Waals surface area (Å²) in [4.78, 5) is 0. The second-order valence-corrected chi connectivity index (χ2v) is 13.6. The van der Waals surface area contributed by atoms with E-state index < -0.39 is 0 Å². The lowest BCUT2D eigenvalue weighted by Gasteiger charge is -2.12. The number of fused-ring (bicyclic) bond motifs is 13. The van der Waals surface area contributed by atoms with Crippen molar-refractivity contribution in [1.82, 2.24) is 9.13 Å². The minimum absolute atomic E-state index is 0.853. The number of hydrogen-bond donors (Lipinski definition) is 0. The molecular weight excluding hydrogens is 637 g/mol. The molecule has 52 heavy (non-hydrogen) atoms. The molecule has 4 nitrogen and oxygen atoms in total. The van der Waals surface area contributed by atoms with Crippen LogP contribution in [0, 0.1) is 0 Å². The average molecular weight is 665 g/mol. The van der Waals surface area contributed by atoms with Crippen LogP contribution in [0.4, 0.5) is 0 Å². The van der Waals surface area contributed by atoms with Gasteiger partial charge in [0, 0.05) is 54.8 Å². The number of aromatic nitrogens is 2. The minimum Gasteiger partial charge on any atom is -0.456 e. The summed E-state index contributed by atoms with van der Waals surface area (Å²) in [7, 11) is 0. The van der Waals surface area contributed by atoms with Gasteiger partial charge in [0.05, 0.1) is 27.8 Å². The first-order valence-electron chi connectivity index (χ1n) is 17.7. The van der Waals surface area contributed by atoms with E-state index in [2.05, 4.69) is 167 Å². The number of para-hydroxylation sites is 4. The van der Waals surface area contributed by atoms with Crippen LogP contribution in [-0.4, -0.2) is 9.13 Å². The van der Waals surface area contributed by atoms with Gasteiger partial charge in [0.2, 0.25) is 0 Å². The Balaban J connectivity index is 1.17. The van der Waals surface area contributed by atoms with Gasteiger partial charge in [0.1, 0.15) is 22.3 Å². The molecule has 0 aliphatic carbocycles. The first-order chi connectivity index (χ1) is 25.8. The Morgan fingerprint density at radius 3 is 1.44 bits per heavy atom. The molecule has 0 aliphatic rings. The van der Waals surface area contributed by atoms with E-state index in [9.17, 15) is 0 Å². The standard InChI is InChI=1S/C48H28N2O2/c1-2-12-29(13-3-1)49-39-19-7-4-14-31(39)35-26-27-36-32-15-5-8-20-40(32)50(48(36)47(35)49)30-24-25-38-44(28-30)52-43-23-11-18-34(46(38)43)33-17-10-22-42-45(33)37-16-6-9-21-41(37)51-42/h1-28H. The molecule has 0 atom stereocenters. The molecule has 0 N–H and O–H groups in total. The quantitative estimate of drug-likeness (QED) is 0.188. The zero-order valence-corrected chi connectivity index (χ0v) is 27.9. The van der Waals surface area contributed by atoms with Gasteiger partial charge in [-0.05, 0) is 65.7 Å². The molecule has 4 heterocycles. The highest BCUT2D eigenvalue weighted by Gasteiger charge is 2.22. The van der Waals surface area contributed by atoms with Crippen LogP contribution < -0.4 is 0 Å². The minimum atomic E-state index is 0.853. The number of hydrogen-bond acceptors (Lipinski definition) is 2. The topological polar surface area (TPSA) is 36.1 Å². The third-order valence-electron chi connectivity index (χ3n) is 10.9. The van der Waals surface area contributed by atoms with Gasteiger partial charge in [-0.2, -0.15) is 0 Å². The molecule has 0 radical (unpaired) electrons. The monoisotopic (exact) mass is 664 g/mol. The maximum Gasteiger partial charge on any atom is 0.137 e. The lowest BCUT2D eigenvalue weighted by atomic mass is 9.95. The highest BCUT2D eigenvalue weighted by atomic mass is 16.3. The van der Waals surface area contributed by atoms with E-state index in [4.69, 9.17) is 8.83 Å². The molecule has 4 aromatic heterocycles. The Morgan fingerprint density at radius 2 is 0.788 bits per heavy atom. The van der Waals surface area contributed by atoms with Crippen molar-refractivity contribution in [2.45, 2.75) is 0 Å². The van der Waals surface area contributed by atoms with Crippen molar-refractivity contribution in [2.75, 3.05) is 0 Å². The molecule has 0 unspecified atom stereocenters. The smallest absolute Gasteiger partial charge is 0.137 e. The Kier molecular flexibility index (Phi) is 5.47. The zero-order valence-electron chi connectivity index (χ0n) is 27.9. The molecule has 0 spiro atoms. The molecule has 242 valence electrons. The Bertz CT molecular complexity index is 3410. The highest BCUT2D eigenvalue weighted by Crippen LogP contribution is 2.45. The van der Waals surface area contributed by atoms with E-state index in [0.29, 0.717) is 0 Å². The van der Waals surface area contributed by atoms with Gasteiger partial charge < -0.3 is 18.0 Å². The van der Waals surface area contributed by atoms with Crippen LogP contribution in [0.3, 0.4) is 0 Å². The molecule has 4 heteroatoms. The molecular formula is C48H28N2O2. The van der Waals surface area contributed by atoms with Crippen molar-refractivity contribution in [1.29, 1.82) is 0 Å². The first-order valence-corrected chi connectivity index (χ1v) is 17.7. The van der Waals surface area contributed by atoms with Crippen LogP contribution >= 0.6 is 0 Å². The summed E-state index contributed by atoms with van der Waals surface area (Å²) in [5, 5.41) is 9.34. The first kappa shape index (κ1) is 27.7. The molecule has 0 fully saturated rings. The Morgan fingerprint density at radius 1 is 0.308 bits per heavy atom. The molecule has 0 bridgehead atoms. The number of nitrogens with zero attached hydrogens (tertiary/aromatic N) is 2. The number of furan rings is 2. The third kappa shape index (κ3) is 3.65. The molecule has 0 amide bonds. The summed E-state index contributed by atoms with van der Waals surface area (Å²) >= 11 is 0. The van der Waals surface area contributed by atoms with E-state index in [-0.39, 0.29) is 0 Å². The Labute approximate surface area is 296 Å². The maximum atomic E-state index is 6.75. The van der Waals surface area contributed by atoms with E-state index >= 15 is 0 Å². The van der Waals surface area contributed by atoms with Gasteiger partial charge in [-0.25, -0.2) is 0 Å². The van der Waals surface area contributed by atoms with Crippen molar-refractivity contribution in [3.8, 4) is 22.5 Å². The number of rotatable bonds is 3. The summed E-state index contributed by atoms with van der Waals surface area (Å²) < 4.78 is 17.9. The van der Waals surface area contributed by atoms with Crippen molar-refractivity contribution < 1.29 is 8.83 Å².